The molecule has 0 radical (unpaired) electrons. The Morgan fingerprint density at radius 2 is 0.435 bits per heavy atom. The van der Waals surface area contributed by atoms with Crippen LogP contribution in [0.3, 0.4) is 0 Å². The predicted octanol–water partition coefficient (Wildman–Crippen LogP) is 14.1. The average molecular weight is 1120 g/mol. The molecule has 0 fully saturated rings. The van der Waals surface area contributed by atoms with Crippen molar-refractivity contribution < 1.29 is 57.2 Å². The van der Waals surface area contributed by atoms with Crippen molar-refractivity contribution in [2.75, 3.05) is 79.3 Å². The zero-order valence-electron chi connectivity index (χ0n) is 48.5. The second-order valence-corrected chi connectivity index (χ2v) is 53.6. The molecule has 0 N–H and O–H groups in total. The van der Waals surface area contributed by atoms with Crippen LogP contribution in [0.5, 0.6) is 0 Å². The molecule has 69 heavy (non-hydrogen) atoms. The van der Waals surface area contributed by atoms with E-state index in [0.29, 0.717) is 26.4 Å². The second kappa shape index (κ2) is 37.9. The summed E-state index contributed by atoms with van der Waals surface area (Å²) >= 11 is 0. The third kappa shape index (κ3) is 43.1. The molecule has 0 amide bonds. The van der Waals surface area contributed by atoms with Crippen LogP contribution in [0.2, 0.25) is 116 Å². The Kier molecular flexibility index (Phi) is 38.5. The molecule has 0 saturated carbocycles. The van der Waals surface area contributed by atoms with Gasteiger partial charge < -0.3 is 57.2 Å². The molecule has 0 bridgehead atoms. The van der Waals surface area contributed by atoms with E-state index in [1.165, 1.54) is 0 Å². The molecule has 21 heteroatoms. The van der Waals surface area contributed by atoms with Crippen molar-refractivity contribution in [3.8, 4) is 0 Å². The lowest BCUT2D eigenvalue weighted by atomic mass is 10.3. The summed E-state index contributed by atoms with van der Waals surface area (Å²) in [4.78, 5) is 0. The van der Waals surface area contributed by atoms with Crippen LogP contribution in [0.4, 0.5) is 0 Å². The average Bonchev–Trinajstić information content (AvgIpc) is 3.18. The maximum absolute atomic E-state index is 7.68. The van der Waals surface area contributed by atoms with Crippen LogP contribution in [-0.4, -0.2) is 147 Å². The van der Waals surface area contributed by atoms with Crippen molar-refractivity contribution in [1.82, 2.24) is 0 Å². The minimum absolute atomic E-state index is 0.639. The molecule has 416 valence electrons. The number of hydrogen-bond acceptors (Lipinski definition) is 13. The summed E-state index contributed by atoms with van der Waals surface area (Å²) in [7, 11) is -20.7. The highest BCUT2D eigenvalue weighted by atomic mass is 28.5. The minimum atomic E-state index is -3.02. The maximum atomic E-state index is 7.68. The first-order valence-electron chi connectivity index (χ1n) is 27.5. The topological polar surface area (TPSA) is 120 Å². The fourth-order valence-corrected chi connectivity index (χ4v) is 48.6. The predicted molar refractivity (Wildman–Crippen MR) is 307 cm³/mol. The molecule has 0 rings (SSSR count). The largest absolute Gasteiger partial charge is 0.437 e. The van der Waals surface area contributed by atoms with Gasteiger partial charge in [-0.2, -0.15) is 0 Å². The van der Waals surface area contributed by atoms with Gasteiger partial charge in [0.05, 0.1) is 0 Å². The molecule has 0 aromatic rings. The summed E-state index contributed by atoms with van der Waals surface area (Å²) in [5.74, 6) is 0. The van der Waals surface area contributed by atoms with Crippen LogP contribution < -0.4 is 0 Å². The van der Waals surface area contributed by atoms with Crippen molar-refractivity contribution in [1.29, 1.82) is 0 Å². The quantitative estimate of drug-likeness (QED) is 0.0425. The Bertz CT molecular complexity index is 1230. The Morgan fingerprint density at radius 3 is 0.710 bits per heavy atom. The minimum Gasteiger partial charge on any atom is -0.437 e. The van der Waals surface area contributed by atoms with Crippen LogP contribution >= 0.6 is 0 Å². The zero-order valence-corrected chi connectivity index (χ0v) is 56.5. The van der Waals surface area contributed by atoms with Crippen molar-refractivity contribution in [3.63, 3.8) is 0 Å². The van der Waals surface area contributed by atoms with Gasteiger partial charge in [0.1, 0.15) is 0 Å². The number of unbranched alkanes of at least 4 members (excludes halogenated alkanes) is 6. The van der Waals surface area contributed by atoms with Crippen LogP contribution in [0.25, 0.3) is 0 Å². The Balaban J connectivity index is 6.48. The van der Waals surface area contributed by atoms with Crippen LogP contribution in [0.15, 0.2) is 0 Å². The lowest BCUT2D eigenvalue weighted by molar-refractivity contribution is 0.100. The number of rotatable bonds is 50. The van der Waals surface area contributed by atoms with E-state index in [-0.39, 0.29) is 0 Å². The van der Waals surface area contributed by atoms with Gasteiger partial charge in [0.2, 0.25) is 0 Å². The van der Waals surface area contributed by atoms with E-state index in [2.05, 4.69) is 119 Å². The standard InChI is InChI=1S/C48H114O13Si8/c1-19-22-34-49-37-25-28-40-52-43-31-46-67(16,56-63(7,8)9)60-69(18,48-33-45-54-42-30-27-39-51-36-24-21-3)61-68(17,47-32-44-53-41-29-26-38-50-35-23-20-2)59-66(14,15)58-65(12,13)57-64(10,11)55-62(4,5)6/h19-48H2,1-18H3. The molecule has 0 aliphatic rings. The van der Waals surface area contributed by atoms with Gasteiger partial charge >= 0.3 is 51.4 Å². The number of hydrogen-bond donors (Lipinski definition) is 0. The highest BCUT2D eigenvalue weighted by molar-refractivity contribution is 6.93. The van der Waals surface area contributed by atoms with Gasteiger partial charge in [0.25, 0.3) is 0 Å². The summed E-state index contributed by atoms with van der Waals surface area (Å²) < 4.78 is 86.4. The fourth-order valence-electron chi connectivity index (χ4n) is 8.50. The third-order valence-corrected chi connectivity index (χ3v) is 41.4. The lowest BCUT2D eigenvalue weighted by Crippen LogP contribution is -2.63. The molecule has 0 aromatic carbocycles. The lowest BCUT2D eigenvalue weighted by Gasteiger charge is -2.46. The van der Waals surface area contributed by atoms with Gasteiger partial charge in [0.15, 0.2) is 16.6 Å². The first-order valence-corrected chi connectivity index (χ1v) is 50.3. The van der Waals surface area contributed by atoms with Gasteiger partial charge in [-0.15, -0.1) is 0 Å². The molecule has 0 spiro atoms. The van der Waals surface area contributed by atoms with Crippen molar-refractivity contribution in [3.05, 3.63) is 0 Å². The molecule has 0 heterocycles. The van der Waals surface area contributed by atoms with Crippen molar-refractivity contribution in [2.24, 2.45) is 0 Å². The first kappa shape index (κ1) is 70.2. The SMILES string of the molecule is CCCCOCCCCOCCC[Si](C)(O[Si](C)(C)C)O[Si](C)(CCCOCCCCOCCCC)O[Si](C)(CCCOCCCCOCCCC)O[Si](C)(C)O[Si](C)(C)O[Si](C)(C)O[Si](C)(C)C. The smallest absolute Gasteiger partial charge is 0.317 e. The summed E-state index contributed by atoms with van der Waals surface area (Å²) in [5.41, 5.74) is 0. The van der Waals surface area contributed by atoms with E-state index >= 15 is 0 Å². The fraction of sp³-hybridized carbons (Fsp3) is 1.00. The van der Waals surface area contributed by atoms with Crippen molar-refractivity contribution in [2.45, 2.75) is 233 Å². The second-order valence-electron chi connectivity index (χ2n) is 22.7. The van der Waals surface area contributed by atoms with E-state index in [4.69, 9.17) is 57.2 Å². The molecule has 0 saturated heterocycles. The van der Waals surface area contributed by atoms with E-state index in [9.17, 15) is 0 Å². The van der Waals surface area contributed by atoms with Gasteiger partial charge in [-0.05, 0) is 193 Å². The molecule has 3 atom stereocenters. The molecule has 0 aromatic heterocycles. The molecule has 0 aliphatic heterocycles. The summed E-state index contributed by atoms with van der Waals surface area (Å²) in [6.45, 7) is 48.7. The highest BCUT2D eigenvalue weighted by Crippen LogP contribution is 2.35. The van der Waals surface area contributed by atoms with Gasteiger partial charge in [-0.3, -0.25) is 0 Å². The molecular formula is C48H114O13Si8. The Hall–Kier alpha value is 1.22. The summed E-state index contributed by atoms with van der Waals surface area (Å²) in [6, 6.07) is 2.35. The summed E-state index contributed by atoms with van der Waals surface area (Å²) in [5, 5.41) is 0. The van der Waals surface area contributed by atoms with E-state index in [0.717, 1.165) is 167 Å². The molecule has 0 aliphatic carbocycles. The first-order chi connectivity index (χ1) is 32.1. The van der Waals surface area contributed by atoms with E-state index in [1.807, 2.05) is 0 Å². The van der Waals surface area contributed by atoms with Crippen LogP contribution in [-0.2, 0) is 57.2 Å². The van der Waals surface area contributed by atoms with Gasteiger partial charge in [0, 0.05) is 79.3 Å². The van der Waals surface area contributed by atoms with Crippen LogP contribution in [0.1, 0.15) is 117 Å². The summed E-state index contributed by atoms with van der Waals surface area (Å²) in [6.07, 6.45) is 15.3. The number of ether oxygens (including phenoxy) is 6. The molecule has 13 nitrogen and oxygen atoms in total. The normalized spacial score (nSPS) is 15.9. The van der Waals surface area contributed by atoms with E-state index in [1.54, 1.807) is 0 Å². The zero-order chi connectivity index (χ0) is 52.4. The van der Waals surface area contributed by atoms with Gasteiger partial charge in [-0.25, -0.2) is 0 Å². The molecular weight excluding hydrogens is 1010 g/mol. The maximum Gasteiger partial charge on any atom is 0.317 e. The van der Waals surface area contributed by atoms with Crippen molar-refractivity contribution >= 4 is 68.0 Å². The van der Waals surface area contributed by atoms with Gasteiger partial charge in [-0.1, -0.05) is 40.0 Å². The molecule has 3 unspecified atom stereocenters. The highest BCUT2D eigenvalue weighted by Gasteiger charge is 2.52. The Morgan fingerprint density at radius 1 is 0.217 bits per heavy atom. The monoisotopic (exact) mass is 1120 g/mol. The Labute approximate surface area is 435 Å². The van der Waals surface area contributed by atoms with Crippen LogP contribution in [0, 0.1) is 0 Å². The van der Waals surface area contributed by atoms with E-state index < -0.39 is 68.0 Å². The third-order valence-electron chi connectivity index (χ3n) is 10.5.